The number of carbonyl (C=O) groups is 2. The van der Waals surface area contributed by atoms with Gasteiger partial charge >= 0.3 is 0 Å². The maximum absolute atomic E-state index is 12.0. The maximum Gasteiger partial charge on any atom is 0.253 e. The molecule has 2 amide bonds. The number of nitrogens with one attached hydrogen (secondary N) is 1. The van der Waals surface area contributed by atoms with E-state index < -0.39 is 12.0 Å². The second-order valence-corrected chi connectivity index (χ2v) is 4.30. The average molecular weight is 261 g/mol. The smallest absolute Gasteiger partial charge is 0.253 e. The Labute approximate surface area is 109 Å². The Kier molecular flexibility index (Phi) is 3.52. The highest BCUT2D eigenvalue weighted by molar-refractivity contribution is 6.07. The van der Waals surface area contributed by atoms with Crippen molar-refractivity contribution < 1.29 is 14.7 Å². The van der Waals surface area contributed by atoms with E-state index in [1.165, 1.54) is 0 Å². The van der Waals surface area contributed by atoms with Crippen LogP contribution in [0.3, 0.4) is 0 Å². The Hall–Kier alpha value is -2.34. The first-order valence-electron chi connectivity index (χ1n) is 5.80. The van der Waals surface area contributed by atoms with E-state index in [1.54, 1.807) is 6.20 Å². The minimum absolute atomic E-state index is 0.197. The number of para-hydroxylation sites is 1. The molecule has 0 saturated carbocycles. The van der Waals surface area contributed by atoms with Crippen molar-refractivity contribution in [2.45, 2.75) is 6.10 Å². The summed E-state index contributed by atoms with van der Waals surface area (Å²) >= 11 is 0. The highest BCUT2D eigenvalue weighted by atomic mass is 16.3. The van der Waals surface area contributed by atoms with Crippen LogP contribution >= 0.6 is 0 Å². The van der Waals surface area contributed by atoms with Gasteiger partial charge < -0.3 is 20.7 Å². The lowest BCUT2D eigenvalue weighted by Gasteiger charge is -2.07. The average Bonchev–Trinajstić information content (AvgIpc) is 2.73. The Morgan fingerprint density at radius 2 is 2.11 bits per heavy atom. The number of nitrogens with two attached hydrogens (primary N) is 1. The molecular weight excluding hydrogens is 246 g/mol. The molecule has 0 aliphatic carbocycles. The summed E-state index contributed by atoms with van der Waals surface area (Å²) in [6, 6.07) is 7.48. The molecule has 0 saturated heterocycles. The summed E-state index contributed by atoms with van der Waals surface area (Å²) in [5.41, 5.74) is 6.34. The van der Waals surface area contributed by atoms with Crippen LogP contribution in [-0.2, 0) is 11.8 Å². The van der Waals surface area contributed by atoms with Gasteiger partial charge in [0.15, 0.2) is 0 Å². The first-order chi connectivity index (χ1) is 9.00. The number of fused-ring (bicyclic) bond motifs is 1. The molecule has 2 rings (SSSR count). The summed E-state index contributed by atoms with van der Waals surface area (Å²) in [5.74, 6) is -1.21. The number of hydrogen-bond donors (Lipinski definition) is 3. The molecule has 1 unspecified atom stereocenters. The summed E-state index contributed by atoms with van der Waals surface area (Å²) in [4.78, 5) is 22.7. The van der Waals surface area contributed by atoms with Gasteiger partial charge in [0, 0.05) is 24.1 Å². The SMILES string of the molecule is Cn1cc(C(=O)NCC(O)C(N)=O)c2ccccc21. The van der Waals surface area contributed by atoms with Crippen molar-refractivity contribution in [3.05, 3.63) is 36.0 Å². The molecule has 4 N–H and O–H groups in total. The van der Waals surface area contributed by atoms with Crippen molar-refractivity contribution >= 4 is 22.7 Å². The zero-order valence-corrected chi connectivity index (χ0v) is 10.5. The summed E-state index contributed by atoms with van der Waals surface area (Å²) in [6.07, 6.45) is 0.329. The second kappa shape index (κ2) is 5.11. The van der Waals surface area contributed by atoms with Gasteiger partial charge in [-0.05, 0) is 6.07 Å². The third-order valence-corrected chi connectivity index (χ3v) is 2.93. The number of nitrogens with zero attached hydrogens (tertiary/aromatic N) is 1. The molecule has 0 aliphatic rings. The third kappa shape index (κ3) is 2.58. The normalized spacial score (nSPS) is 12.3. The fraction of sp³-hybridized carbons (Fsp3) is 0.231. The van der Waals surface area contributed by atoms with Crippen LogP contribution in [0.4, 0.5) is 0 Å². The quantitative estimate of drug-likeness (QED) is 0.708. The topological polar surface area (TPSA) is 97.3 Å². The second-order valence-electron chi connectivity index (χ2n) is 4.30. The van der Waals surface area contributed by atoms with Gasteiger partial charge in [-0.2, -0.15) is 0 Å². The Balaban J connectivity index is 2.20. The van der Waals surface area contributed by atoms with Gasteiger partial charge in [-0.25, -0.2) is 0 Å². The van der Waals surface area contributed by atoms with Crippen LogP contribution in [0.5, 0.6) is 0 Å². The van der Waals surface area contributed by atoms with Crippen molar-refractivity contribution in [1.29, 1.82) is 0 Å². The van der Waals surface area contributed by atoms with Gasteiger partial charge in [-0.1, -0.05) is 18.2 Å². The molecule has 0 fully saturated rings. The van der Waals surface area contributed by atoms with Crippen molar-refractivity contribution in [3.8, 4) is 0 Å². The highest BCUT2D eigenvalue weighted by Crippen LogP contribution is 2.19. The molecular formula is C13H15N3O3. The van der Waals surface area contributed by atoms with Gasteiger partial charge in [0.1, 0.15) is 6.10 Å². The number of hydrogen-bond acceptors (Lipinski definition) is 3. The number of amides is 2. The van der Waals surface area contributed by atoms with E-state index in [0.29, 0.717) is 5.56 Å². The molecule has 6 heteroatoms. The summed E-state index contributed by atoms with van der Waals surface area (Å²) in [5, 5.41) is 12.5. The lowest BCUT2D eigenvalue weighted by molar-refractivity contribution is -0.125. The predicted octanol–water partition coefficient (Wildman–Crippen LogP) is -0.246. The largest absolute Gasteiger partial charge is 0.381 e. The molecule has 6 nitrogen and oxygen atoms in total. The van der Waals surface area contributed by atoms with E-state index in [9.17, 15) is 14.7 Å². The molecule has 100 valence electrons. The lowest BCUT2D eigenvalue weighted by atomic mass is 10.1. The molecule has 0 radical (unpaired) electrons. The Bertz CT molecular complexity index is 633. The van der Waals surface area contributed by atoms with E-state index in [1.807, 2.05) is 35.9 Å². The summed E-state index contributed by atoms with van der Waals surface area (Å²) in [7, 11) is 1.84. The molecule has 0 aliphatic heterocycles. The zero-order valence-electron chi connectivity index (χ0n) is 10.5. The monoisotopic (exact) mass is 261 g/mol. The van der Waals surface area contributed by atoms with Crippen LogP contribution in [0.1, 0.15) is 10.4 Å². The number of aliphatic hydroxyl groups is 1. The van der Waals surface area contributed by atoms with Gasteiger partial charge in [-0.15, -0.1) is 0 Å². The molecule has 1 heterocycles. The minimum Gasteiger partial charge on any atom is -0.381 e. The van der Waals surface area contributed by atoms with Crippen LogP contribution < -0.4 is 11.1 Å². The molecule has 0 spiro atoms. The van der Waals surface area contributed by atoms with E-state index in [0.717, 1.165) is 10.9 Å². The van der Waals surface area contributed by atoms with Gasteiger partial charge in [0.2, 0.25) is 5.91 Å². The van der Waals surface area contributed by atoms with Gasteiger partial charge in [-0.3, -0.25) is 9.59 Å². The Morgan fingerprint density at radius 3 is 2.79 bits per heavy atom. The summed E-state index contributed by atoms with van der Waals surface area (Å²) in [6.45, 7) is -0.197. The van der Waals surface area contributed by atoms with Gasteiger partial charge in [0.05, 0.1) is 12.1 Å². The fourth-order valence-electron chi connectivity index (χ4n) is 1.91. The van der Waals surface area contributed by atoms with E-state index in [4.69, 9.17) is 5.73 Å². The first-order valence-corrected chi connectivity index (χ1v) is 5.80. The van der Waals surface area contributed by atoms with E-state index >= 15 is 0 Å². The van der Waals surface area contributed by atoms with Crippen LogP contribution in [-0.4, -0.2) is 34.1 Å². The van der Waals surface area contributed by atoms with Crippen molar-refractivity contribution in [1.82, 2.24) is 9.88 Å². The highest BCUT2D eigenvalue weighted by Gasteiger charge is 2.16. The lowest BCUT2D eigenvalue weighted by Crippen LogP contribution is -2.39. The number of aromatic nitrogens is 1. The number of primary amides is 1. The van der Waals surface area contributed by atoms with Crippen LogP contribution in [0, 0.1) is 0 Å². The van der Waals surface area contributed by atoms with Crippen LogP contribution in [0.25, 0.3) is 10.9 Å². The van der Waals surface area contributed by atoms with Crippen LogP contribution in [0.15, 0.2) is 30.5 Å². The molecule has 0 bridgehead atoms. The fourth-order valence-corrected chi connectivity index (χ4v) is 1.91. The third-order valence-electron chi connectivity index (χ3n) is 2.93. The van der Waals surface area contributed by atoms with Crippen LogP contribution in [0.2, 0.25) is 0 Å². The minimum atomic E-state index is -1.38. The molecule has 1 aromatic heterocycles. The Morgan fingerprint density at radius 1 is 1.42 bits per heavy atom. The predicted molar refractivity (Wildman–Crippen MR) is 70.5 cm³/mol. The molecule has 19 heavy (non-hydrogen) atoms. The first kappa shape index (κ1) is 13.1. The number of carbonyl (C=O) groups excluding carboxylic acids is 2. The van der Waals surface area contributed by atoms with Crippen molar-refractivity contribution in [2.24, 2.45) is 12.8 Å². The standard InChI is InChI=1S/C13H15N3O3/c1-16-7-9(8-4-2-3-5-10(8)16)13(19)15-6-11(17)12(14)18/h2-5,7,11,17H,6H2,1H3,(H2,14,18)(H,15,19). The number of rotatable bonds is 4. The number of aryl methyl sites for hydroxylation is 1. The zero-order chi connectivity index (χ0) is 14.0. The van der Waals surface area contributed by atoms with E-state index in [2.05, 4.69) is 5.32 Å². The van der Waals surface area contributed by atoms with Crippen molar-refractivity contribution in [3.63, 3.8) is 0 Å². The molecule has 2 aromatic rings. The van der Waals surface area contributed by atoms with Crippen molar-refractivity contribution in [2.75, 3.05) is 6.54 Å². The van der Waals surface area contributed by atoms with E-state index in [-0.39, 0.29) is 12.5 Å². The number of aliphatic hydroxyl groups excluding tert-OH is 1. The summed E-state index contributed by atoms with van der Waals surface area (Å²) < 4.78 is 1.84. The van der Waals surface area contributed by atoms with Gasteiger partial charge in [0.25, 0.3) is 5.91 Å². The molecule has 1 atom stereocenters. The maximum atomic E-state index is 12.0. The number of benzene rings is 1. The molecule has 1 aromatic carbocycles.